The molecule has 2 heterocycles. The van der Waals surface area contributed by atoms with Crippen molar-refractivity contribution in [3.05, 3.63) is 65.7 Å². The highest BCUT2D eigenvalue weighted by Crippen LogP contribution is 2.46. The second-order valence-corrected chi connectivity index (χ2v) is 8.10. The molecule has 2 aliphatic rings. The number of hydrogen-bond donors (Lipinski definition) is 1. The Morgan fingerprint density at radius 1 is 1.09 bits per heavy atom. The van der Waals surface area contributed by atoms with Crippen molar-refractivity contribution in [1.82, 2.24) is 9.96 Å². The van der Waals surface area contributed by atoms with E-state index in [0.717, 1.165) is 22.6 Å². The van der Waals surface area contributed by atoms with Crippen molar-refractivity contribution in [3.8, 4) is 5.75 Å². The first-order valence-corrected chi connectivity index (χ1v) is 10.6. The van der Waals surface area contributed by atoms with Crippen LogP contribution in [-0.2, 0) is 19.2 Å². The van der Waals surface area contributed by atoms with Crippen LogP contribution in [0.15, 0.2) is 54.6 Å². The lowest BCUT2D eigenvalue weighted by Crippen LogP contribution is -2.39. The van der Waals surface area contributed by atoms with E-state index >= 15 is 0 Å². The van der Waals surface area contributed by atoms with Crippen LogP contribution < -0.4 is 10.5 Å². The van der Waals surface area contributed by atoms with Crippen LogP contribution in [0.1, 0.15) is 36.6 Å². The number of carbonyl (C=O) groups is 3. The summed E-state index contributed by atoms with van der Waals surface area (Å²) in [6.45, 7) is 1.73. The Labute approximate surface area is 193 Å². The van der Waals surface area contributed by atoms with Gasteiger partial charge in [0.2, 0.25) is 11.8 Å². The number of imide groups is 1. The van der Waals surface area contributed by atoms with Gasteiger partial charge >= 0.3 is 6.36 Å². The van der Waals surface area contributed by atoms with Crippen LogP contribution in [0.25, 0.3) is 0 Å². The maximum atomic E-state index is 13.5. The molecule has 2 N–H and O–H groups in total. The lowest BCUT2D eigenvalue weighted by molar-refractivity contribution is -0.274. The molecule has 8 nitrogen and oxygen atoms in total. The Morgan fingerprint density at radius 3 is 2.32 bits per heavy atom. The summed E-state index contributed by atoms with van der Waals surface area (Å²) in [5.41, 5.74) is 6.44. The standard InChI is InChI=1S/C23H22F3N3O5/c1-13(14-5-3-2-4-6-14)29-21(31)18-19(15-7-9-16(10-8-15)33-23(24,25)26)28(12-11-17(27)30)34-20(18)22(29)32/h2-10,13,18-20H,11-12H2,1H3,(H2,27,30). The maximum absolute atomic E-state index is 13.5. The van der Waals surface area contributed by atoms with Gasteiger partial charge in [0.25, 0.3) is 5.91 Å². The fraction of sp³-hybridized carbons (Fsp3) is 0.348. The van der Waals surface area contributed by atoms with E-state index in [2.05, 4.69) is 4.74 Å². The second kappa shape index (κ2) is 9.07. The summed E-state index contributed by atoms with van der Waals surface area (Å²) >= 11 is 0. The summed E-state index contributed by atoms with van der Waals surface area (Å²) in [6.07, 6.45) is -6.07. The van der Waals surface area contributed by atoms with Crippen LogP contribution in [0.5, 0.6) is 5.75 Å². The number of primary amides is 1. The normalized spacial score (nSPS) is 23.8. The Hall–Kier alpha value is -3.44. The van der Waals surface area contributed by atoms with E-state index in [1.807, 2.05) is 6.07 Å². The number of nitrogens with zero attached hydrogens (tertiary/aromatic N) is 2. The molecule has 2 aromatic carbocycles. The zero-order chi connectivity index (χ0) is 24.6. The number of fused-ring (bicyclic) bond motifs is 1. The van der Waals surface area contributed by atoms with Crippen molar-refractivity contribution in [2.24, 2.45) is 11.7 Å². The SMILES string of the molecule is CC(c1ccccc1)N1C(=O)C2ON(CCC(N)=O)C(c3ccc(OC(F)(F)F)cc3)C2C1=O. The van der Waals surface area contributed by atoms with Crippen molar-refractivity contribution in [1.29, 1.82) is 0 Å². The minimum Gasteiger partial charge on any atom is -0.406 e. The Kier molecular flexibility index (Phi) is 6.32. The zero-order valence-electron chi connectivity index (χ0n) is 18.1. The second-order valence-electron chi connectivity index (χ2n) is 8.10. The molecule has 0 bridgehead atoms. The average Bonchev–Trinajstić information content (AvgIpc) is 3.27. The topological polar surface area (TPSA) is 102 Å². The van der Waals surface area contributed by atoms with Crippen molar-refractivity contribution >= 4 is 17.7 Å². The minimum absolute atomic E-state index is 0.00258. The largest absolute Gasteiger partial charge is 0.573 e. The molecule has 4 atom stereocenters. The van der Waals surface area contributed by atoms with Gasteiger partial charge in [0.1, 0.15) is 5.75 Å². The highest BCUT2D eigenvalue weighted by Gasteiger charge is 2.60. The first-order valence-electron chi connectivity index (χ1n) is 10.6. The van der Waals surface area contributed by atoms with Gasteiger partial charge in [-0.1, -0.05) is 42.5 Å². The number of hydroxylamine groups is 2. The van der Waals surface area contributed by atoms with Crippen LogP contribution in [0, 0.1) is 5.92 Å². The van der Waals surface area contributed by atoms with Gasteiger partial charge in [-0.25, -0.2) is 0 Å². The summed E-state index contributed by atoms with van der Waals surface area (Å²) in [4.78, 5) is 45.0. The molecule has 0 aliphatic carbocycles. The molecular formula is C23H22F3N3O5. The van der Waals surface area contributed by atoms with Gasteiger partial charge < -0.3 is 10.5 Å². The first kappa shape index (κ1) is 23.7. The van der Waals surface area contributed by atoms with Gasteiger partial charge in [0.05, 0.1) is 18.0 Å². The highest BCUT2D eigenvalue weighted by molar-refractivity contribution is 6.07. The van der Waals surface area contributed by atoms with E-state index in [9.17, 15) is 27.6 Å². The third-order valence-corrected chi connectivity index (χ3v) is 5.93. The Balaban J connectivity index is 1.64. The number of carbonyl (C=O) groups excluding carboxylic acids is 3. The summed E-state index contributed by atoms with van der Waals surface area (Å²) in [5, 5.41) is 1.33. The third-order valence-electron chi connectivity index (χ3n) is 5.93. The number of likely N-dealkylation sites (tertiary alicyclic amines) is 1. The summed E-state index contributed by atoms with van der Waals surface area (Å²) < 4.78 is 41.5. The molecule has 4 rings (SSSR count). The molecular weight excluding hydrogens is 455 g/mol. The van der Waals surface area contributed by atoms with Crippen molar-refractivity contribution in [2.75, 3.05) is 6.54 Å². The lowest BCUT2D eigenvalue weighted by Gasteiger charge is -2.29. The molecule has 3 amide bonds. The van der Waals surface area contributed by atoms with Crippen LogP contribution in [0.3, 0.4) is 0 Å². The number of ether oxygens (including phenoxy) is 1. The number of alkyl halides is 3. The molecule has 0 spiro atoms. The average molecular weight is 477 g/mol. The fourth-order valence-corrected chi connectivity index (χ4v) is 4.41. The molecule has 0 radical (unpaired) electrons. The number of amides is 3. The van der Waals surface area contributed by atoms with Gasteiger partial charge in [-0.05, 0) is 30.2 Å². The molecule has 180 valence electrons. The molecule has 4 unspecified atom stereocenters. The van der Waals surface area contributed by atoms with E-state index in [4.69, 9.17) is 10.6 Å². The summed E-state index contributed by atoms with van der Waals surface area (Å²) in [7, 11) is 0. The summed E-state index contributed by atoms with van der Waals surface area (Å²) in [5.74, 6) is -2.96. The van der Waals surface area contributed by atoms with E-state index in [1.54, 1.807) is 31.2 Å². The van der Waals surface area contributed by atoms with E-state index in [0.29, 0.717) is 5.56 Å². The molecule has 2 aliphatic heterocycles. The van der Waals surface area contributed by atoms with Gasteiger partial charge in [-0.2, -0.15) is 5.06 Å². The third kappa shape index (κ3) is 4.62. The minimum atomic E-state index is -4.85. The molecule has 0 aromatic heterocycles. The fourth-order valence-electron chi connectivity index (χ4n) is 4.41. The quantitative estimate of drug-likeness (QED) is 0.616. The van der Waals surface area contributed by atoms with E-state index in [-0.39, 0.29) is 13.0 Å². The molecule has 34 heavy (non-hydrogen) atoms. The highest BCUT2D eigenvalue weighted by atomic mass is 19.4. The van der Waals surface area contributed by atoms with Crippen LogP contribution >= 0.6 is 0 Å². The number of nitrogens with two attached hydrogens (primary N) is 1. The Morgan fingerprint density at radius 2 is 1.74 bits per heavy atom. The maximum Gasteiger partial charge on any atom is 0.573 e. The van der Waals surface area contributed by atoms with Crippen LogP contribution in [0.2, 0.25) is 0 Å². The molecule has 2 fully saturated rings. The molecule has 2 aromatic rings. The number of benzene rings is 2. The predicted molar refractivity (Wildman–Crippen MR) is 111 cm³/mol. The van der Waals surface area contributed by atoms with Gasteiger partial charge in [-0.15, -0.1) is 13.2 Å². The van der Waals surface area contributed by atoms with Crippen molar-refractivity contribution in [2.45, 2.75) is 37.9 Å². The molecule has 11 heteroatoms. The lowest BCUT2D eigenvalue weighted by atomic mass is 9.90. The van der Waals surface area contributed by atoms with E-state index in [1.165, 1.54) is 17.2 Å². The zero-order valence-corrected chi connectivity index (χ0v) is 18.1. The van der Waals surface area contributed by atoms with Crippen LogP contribution in [-0.4, -0.2) is 46.7 Å². The van der Waals surface area contributed by atoms with Crippen LogP contribution in [0.4, 0.5) is 13.2 Å². The van der Waals surface area contributed by atoms with Crippen molar-refractivity contribution in [3.63, 3.8) is 0 Å². The Bertz CT molecular complexity index is 1080. The van der Waals surface area contributed by atoms with Gasteiger partial charge in [0.15, 0.2) is 6.10 Å². The predicted octanol–water partition coefficient (Wildman–Crippen LogP) is 2.86. The number of hydrogen-bond acceptors (Lipinski definition) is 6. The first-order chi connectivity index (χ1) is 16.1. The smallest absolute Gasteiger partial charge is 0.406 e. The van der Waals surface area contributed by atoms with Crippen molar-refractivity contribution < 1.29 is 37.1 Å². The molecule has 0 saturated carbocycles. The summed E-state index contributed by atoms with van der Waals surface area (Å²) in [6, 6.07) is 12.6. The molecule has 2 saturated heterocycles. The van der Waals surface area contributed by atoms with E-state index < -0.39 is 53.9 Å². The number of rotatable bonds is 7. The monoisotopic (exact) mass is 477 g/mol. The number of halogens is 3. The van der Waals surface area contributed by atoms with Gasteiger partial charge in [0, 0.05) is 13.0 Å². The van der Waals surface area contributed by atoms with Gasteiger partial charge in [-0.3, -0.25) is 24.1 Å².